The molecule has 0 fully saturated rings. The van der Waals surface area contributed by atoms with Gasteiger partial charge in [0.05, 0.1) is 16.8 Å². The molecule has 2 aliphatic carbocycles. The average molecular weight is 728 g/mol. The number of pyridine rings is 1. The minimum Gasteiger partial charge on any atom is -0.262 e. The first-order valence-corrected chi connectivity index (χ1v) is 19.6. The van der Waals surface area contributed by atoms with Gasteiger partial charge < -0.3 is 0 Å². The lowest BCUT2D eigenvalue weighted by atomic mass is 9.70. The molecule has 3 heteroatoms. The van der Waals surface area contributed by atoms with Crippen molar-refractivity contribution in [1.29, 1.82) is 0 Å². The second kappa shape index (κ2) is 12.9. The first-order chi connectivity index (χ1) is 28.0. The molecule has 0 bridgehead atoms. The van der Waals surface area contributed by atoms with Gasteiger partial charge in [-0.25, -0.2) is 9.97 Å². The number of fused-ring (bicyclic) bond motifs is 10. The van der Waals surface area contributed by atoms with Gasteiger partial charge in [0.25, 0.3) is 0 Å². The van der Waals surface area contributed by atoms with E-state index in [4.69, 9.17) is 9.97 Å². The van der Waals surface area contributed by atoms with Crippen molar-refractivity contribution in [1.82, 2.24) is 15.0 Å². The minimum atomic E-state index is -0.501. The third-order valence-corrected chi connectivity index (χ3v) is 11.9. The molecule has 0 saturated heterocycles. The highest BCUT2D eigenvalue weighted by Gasteiger charge is 2.51. The predicted octanol–water partition coefficient (Wildman–Crippen LogP) is 13.2. The van der Waals surface area contributed by atoms with E-state index < -0.39 is 5.41 Å². The summed E-state index contributed by atoms with van der Waals surface area (Å²) in [6, 6.07) is 66.5. The molecule has 7 aromatic carbocycles. The zero-order chi connectivity index (χ0) is 38.1. The maximum Gasteiger partial charge on any atom is 0.126 e. The molecule has 0 N–H and O–H groups in total. The van der Waals surface area contributed by atoms with Crippen LogP contribution in [-0.2, 0) is 5.41 Å². The van der Waals surface area contributed by atoms with Gasteiger partial charge in [-0.2, -0.15) is 0 Å². The third kappa shape index (κ3) is 5.23. The Hall–Kier alpha value is -7.23. The fourth-order valence-electron chi connectivity index (χ4n) is 9.43. The lowest BCUT2D eigenvalue weighted by molar-refractivity contribution is 0.794. The van der Waals surface area contributed by atoms with Crippen molar-refractivity contribution < 1.29 is 0 Å². The van der Waals surface area contributed by atoms with Crippen LogP contribution in [-0.4, -0.2) is 15.0 Å². The second-order valence-corrected chi connectivity index (χ2v) is 15.3. The maximum absolute atomic E-state index is 5.07. The number of benzene rings is 7. The van der Waals surface area contributed by atoms with Gasteiger partial charge in [0, 0.05) is 23.0 Å². The van der Waals surface area contributed by atoms with Crippen molar-refractivity contribution in [2.24, 2.45) is 0 Å². The summed E-state index contributed by atoms with van der Waals surface area (Å²) in [7, 11) is 0. The zero-order valence-electron chi connectivity index (χ0n) is 31.7. The van der Waals surface area contributed by atoms with Crippen molar-refractivity contribution in [2.75, 3.05) is 0 Å². The lowest BCUT2D eigenvalue weighted by Gasteiger charge is -2.31. The Morgan fingerprint density at radius 1 is 0.333 bits per heavy atom. The van der Waals surface area contributed by atoms with Crippen molar-refractivity contribution >= 4 is 0 Å². The van der Waals surface area contributed by atoms with E-state index in [1.54, 1.807) is 0 Å². The Kier molecular flexibility index (Phi) is 7.52. The van der Waals surface area contributed by atoms with Gasteiger partial charge in [-0.1, -0.05) is 140 Å². The molecule has 0 radical (unpaired) electrons. The summed E-state index contributed by atoms with van der Waals surface area (Å²) < 4.78 is 0. The highest BCUT2D eigenvalue weighted by atomic mass is 14.9. The quantitative estimate of drug-likeness (QED) is 0.177. The highest BCUT2D eigenvalue weighted by Crippen LogP contribution is 2.63. The minimum absolute atomic E-state index is 0.501. The predicted molar refractivity (Wildman–Crippen MR) is 233 cm³/mol. The Labute approximate surface area is 333 Å². The lowest BCUT2D eigenvalue weighted by Crippen LogP contribution is -2.26. The molecule has 0 amide bonds. The van der Waals surface area contributed by atoms with Crippen molar-refractivity contribution in [3.63, 3.8) is 0 Å². The van der Waals surface area contributed by atoms with Gasteiger partial charge in [0.1, 0.15) is 5.82 Å². The summed E-state index contributed by atoms with van der Waals surface area (Å²) >= 11 is 0. The van der Waals surface area contributed by atoms with E-state index in [2.05, 4.69) is 187 Å². The van der Waals surface area contributed by atoms with Crippen LogP contribution in [0.5, 0.6) is 0 Å². The van der Waals surface area contributed by atoms with Gasteiger partial charge >= 0.3 is 0 Å². The van der Waals surface area contributed by atoms with Crippen LogP contribution in [0.15, 0.2) is 188 Å². The van der Waals surface area contributed by atoms with Crippen molar-refractivity contribution in [3.05, 3.63) is 222 Å². The first-order valence-electron chi connectivity index (χ1n) is 19.6. The van der Waals surface area contributed by atoms with Gasteiger partial charge in [-0.3, -0.25) is 4.98 Å². The van der Waals surface area contributed by atoms with Crippen LogP contribution in [0.4, 0.5) is 0 Å². The molecular formula is C54H37N3. The number of nitrogens with zero attached hydrogens (tertiary/aromatic N) is 3. The molecule has 0 saturated carbocycles. The van der Waals surface area contributed by atoms with E-state index in [0.29, 0.717) is 0 Å². The van der Waals surface area contributed by atoms with E-state index in [0.717, 1.165) is 34.0 Å². The molecule has 9 aromatic rings. The Balaban J connectivity index is 1.09. The summed E-state index contributed by atoms with van der Waals surface area (Å²) in [5, 5.41) is 0. The molecule has 2 aliphatic rings. The molecule has 268 valence electrons. The van der Waals surface area contributed by atoms with Gasteiger partial charge in [0.15, 0.2) is 0 Å². The van der Waals surface area contributed by atoms with E-state index in [1.165, 1.54) is 77.9 Å². The van der Waals surface area contributed by atoms with Crippen LogP contribution < -0.4 is 0 Å². The smallest absolute Gasteiger partial charge is 0.126 e. The van der Waals surface area contributed by atoms with Crippen LogP contribution in [0.2, 0.25) is 0 Å². The normalized spacial score (nSPS) is 14.6. The van der Waals surface area contributed by atoms with Gasteiger partial charge in [-0.15, -0.1) is 0 Å². The second-order valence-electron chi connectivity index (χ2n) is 15.3. The number of hydrogen-bond acceptors (Lipinski definition) is 3. The number of aromatic nitrogens is 3. The number of hydrogen-bond donors (Lipinski definition) is 0. The molecule has 0 aliphatic heterocycles. The van der Waals surface area contributed by atoms with Crippen LogP contribution in [0.1, 0.15) is 33.8 Å². The van der Waals surface area contributed by atoms with Crippen LogP contribution in [0, 0.1) is 13.8 Å². The standard InChI is InChI=1S/C54H37N3/c1-34-28-41(26-27-55-34)39-16-10-15-38(29-39)40-22-24-46-44-18-6-8-20-48(44)54(50(46)31-40)49-21-9-7-19-45(49)47-25-23-43(32-51(47)54)53-33-52(56-35(2)57-53)42-17-11-14-37(30-42)36-12-4-3-5-13-36/h3-33H,1-2H3. The third-order valence-electron chi connectivity index (χ3n) is 11.9. The topological polar surface area (TPSA) is 38.7 Å². The largest absolute Gasteiger partial charge is 0.262 e. The van der Waals surface area contributed by atoms with Crippen LogP contribution in [0.25, 0.3) is 78.1 Å². The fraction of sp³-hybridized carbons (Fsp3) is 0.0556. The molecule has 1 unspecified atom stereocenters. The Morgan fingerprint density at radius 2 is 0.789 bits per heavy atom. The van der Waals surface area contributed by atoms with E-state index in [-0.39, 0.29) is 0 Å². The van der Waals surface area contributed by atoms with E-state index >= 15 is 0 Å². The maximum atomic E-state index is 5.07. The van der Waals surface area contributed by atoms with Crippen LogP contribution >= 0.6 is 0 Å². The molecule has 2 aromatic heterocycles. The Bertz CT molecular complexity index is 3040. The SMILES string of the molecule is Cc1cc(-c2cccc(-c3ccc4c(c3)C3(c5ccccc5-4)c4ccccc4-c4ccc(-c5cc(-c6cccc(-c7ccccc7)c6)nc(C)n5)cc43)c2)ccn1. The Morgan fingerprint density at radius 3 is 1.44 bits per heavy atom. The summed E-state index contributed by atoms with van der Waals surface area (Å²) in [6.07, 6.45) is 1.89. The summed E-state index contributed by atoms with van der Waals surface area (Å²) in [4.78, 5) is 14.5. The average Bonchev–Trinajstić information content (AvgIpc) is 3.73. The van der Waals surface area contributed by atoms with Crippen molar-refractivity contribution in [2.45, 2.75) is 19.3 Å². The fourth-order valence-corrected chi connectivity index (χ4v) is 9.43. The first kappa shape index (κ1) is 33.1. The van der Waals surface area contributed by atoms with Gasteiger partial charge in [-0.05, 0) is 134 Å². The van der Waals surface area contributed by atoms with Crippen LogP contribution in [0.3, 0.4) is 0 Å². The molecule has 57 heavy (non-hydrogen) atoms. The highest BCUT2D eigenvalue weighted by molar-refractivity contribution is 5.97. The summed E-state index contributed by atoms with van der Waals surface area (Å²) in [5.74, 6) is 0.747. The molecule has 3 nitrogen and oxygen atoms in total. The van der Waals surface area contributed by atoms with E-state index in [9.17, 15) is 0 Å². The zero-order valence-corrected chi connectivity index (χ0v) is 31.7. The monoisotopic (exact) mass is 727 g/mol. The molecular weight excluding hydrogens is 691 g/mol. The molecule has 1 spiro atoms. The summed E-state index contributed by atoms with van der Waals surface area (Å²) in [6.45, 7) is 4.04. The molecule has 1 atom stereocenters. The number of rotatable bonds is 5. The molecule has 11 rings (SSSR count). The number of aryl methyl sites for hydroxylation is 2. The van der Waals surface area contributed by atoms with Gasteiger partial charge in [0.2, 0.25) is 0 Å². The van der Waals surface area contributed by atoms with E-state index in [1.807, 2.05) is 20.0 Å². The van der Waals surface area contributed by atoms with Crippen molar-refractivity contribution in [3.8, 4) is 78.1 Å². The molecule has 2 heterocycles. The summed E-state index contributed by atoms with van der Waals surface area (Å²) in [5.41, 5.74) is 21.9.